The Balaban J connectivity index is 1.55. The molecule has 1 amide bonds. The van der Waals surface area contributed by atoms with Crippen LogP contribution >= 0.6 is 46.0 Å². The summed E-state index contributed by atoms with van der Waals surface area (Å²) in [6, 6.07) is 8.70. The molecule has 0 saturated carbocycles. The highest BCUT2D eigenvalue weighted by Crippen LogP contribution is 2.28. The summed E-state index contributed by atoms with van der Waals surface area (Å²) in [4.78, 5) is 29.5. The Kier molecular flexibility index (Phi) is 6.89. The number of thioether (sulfide) groups is 1. The molecule has 3 aromatic rings. The minimum Gasteiger partial charge on any atom is -0.495 e. The summed E-state index contributed by atoms with van der Waals surface area (Å²) in [7, 11) is 1.53. The van der Waals surface area contributed by atoms with Crippen LogP contribution in [-0.4, -0.2) is 29.5 Å². The Morgan fingerprint density at radius 2 is 2.15 bits per heavy atom. The molecule has 0 aliphatic carbocycles. The van der Waals surface area contributed by atoms with E-state index in [-0.39, 0.29) is 18.1 Å². The molecule has 9 heteroatoms. The number of benzene rings is 1. The van der Waals surface area contributed by atoms with E-state index in [4.69, 9.17) is 16.3 Å². The number of carbonyl (C=O) groups is 2. The molecule has 2 aromatic heterocycles. The van der Waals surface area contributed by atoms with Gasteiger partial charge in [0, 0.05) is 10.4 Å². The number of ether oxygens (including phenoxy) is 1. The highest BCUT2D eigenvalue weighted by Gasteiger charge is 2.13. The summed E-state index contributed by atoms with van der Waals surface area (Å²) >= 11 is 10.2. The number of aromatic nitrogens is 1. The summed E-state index contributed by atoms with van der Waals surface area (Å²) in [5.41, 5.74) is 1.17. The van der Waals surface area contributed by atoms with Crippen LogP contribution < -0.4 is 10.1 Å². The first-order valence-electron chi connectivity index (χ1n) is 7.82. The number of thiazole rings is 1. The first kappa shape index (κ1) is 19.9. The standard InChI is InChI=1S/C18H15ClN2O3S3/c1-24-15-5-4-11(19)7-13(15)21-17(23)8-12-9-26-18(20-12)27-10-14(22)16-3-2-6-25-16/h2-7,9H,8,10H2,1H3,(H,21,23). The predicted octanol–water partition coefficient (Wildman–Crippen LogP) is 5.02. The Bertz CT molecular complexity index is 941. The average molecular weight is 439 g/mol. The maximum Gasteiger partial charge on any atom is 0.230 e. The Morgan fingerprint density at radius 3 is 2.89 bits per heavy atom. The number of halogens is 1. The van der Waals surface area contributed by atoms with Crippen LogP contribution in [0.4, 0.5) is 5.69 Å². The third kappa shape index (κ3) is 5.55. The lowest BCUT2D eigenvalue weighted by molar-refractivity contribution is -0.115. The normalized spacial score (nSPS) is 10.6. The molecule has 3 rings (SSSR count). The second-order valence-corrected chi connectivity index (χ2v) is 8.83. The Labute approximate surface area is 173 Å². The minimum absolute atomic E-state index is 0.0811. The molecule has 0 aliphatic heterocycles. The molecule has 0 aliphatic rings. The number of carbonyl (C=O) groups excluding carboxylic acids is 2. The van der Waals surface area contributed by atoms with Crippen LogP contribution in [0, 0.1) is 0 Å². The van der Waals surface area contributed by atoms with Gasteiger partial charge in [0.1, 0.15) is 5.75 Å². The van der Waals surface area contributed by atoms with Gasteiger partial charge in [0.15, 0.2) is 10.1 Å². The van der Waals surface area contributed by atoms with Crippen molar-refractivity contribution in [3.05, 3.63) is 56.7 Å². The van der Waals surface area contributed by atoms with Crippen LogP contribution in [0.2, 0.25) is 5.02 Å². The van der Waals surface area contributed by atoms with Crippen molar-refractivity contribution in [3.63, 3.8) is 0 Å². The van der Waals surface area contributed by atoms with Gasteiger partial charge in [-0.1, -0.05) is 29.4 Å². The number of nitrogens with one attached hydrogen (secondary N) is 1. The Morgan fingerprint density at radius 1 is 1.30 bits per heavy atom. The summed E-state index contributed by atoms with van der Waals surface area (Å²) < 4.78 is 5.99. The maximum absolute atomic E-state index is 12.3. The molecule has 0 atom stereocenters. The van der Waals surface area contributed by atoms with E-state index in [0.717, 1.165) is 9.22 Å². The zero-order valence-electron chi connectivity index (χ0n) is 14.2. The highest BCUT2D eigenvalue weighted by atomic mass is 35.5. The van der Waals surface area contributed by atoms with Crippen LogP contribution in [0.3, 0.4) is 0 Å². The number of anilines is 1. The van der Waals surface area contributed by atoms with E-state index < -0.39 is 0 Å². The fourth-order valence-electron chi connectivity index (χ4n) is 2.21. The van der Waals surface area contributed by atoms with Crippen molar-refractivity contribution in [2.45, 2.75) is 10.8 Å². The third-order valence-corrected chi connectivity index (χ3v) is 6.65. The monoisotopic (exact) mass is 438 g/mol. The lowest BCUT2D eigenvalue weighted by atomic mass is 10.2. The second-order valence-electron chi connectivity index (χ2n) is 5.36. The van der Waals surface area contributed by atoms with Crippen LogP contribution in [0.25, 0.3) is 0 Å². The number of methoxy groups -OCH3 is 1. The first-order chi connectivity index (χ1) is 13.0. The molecule has 0 spiro atoms. The van der Waals surface area contributed by atoms with E-state index in [0.29, 0.717) is 27.9 Å². The van der Waals surface area contributed by atoms with Gasteiger partial charge < -0.3 is 10.1 Å². The van der Waals surface area contributed by atoms with Gasteiger partial charge in [0.25, 0.3) is 0 Å². The predicted molar refractivity (Wildman–Crippen MR) is 112 cm³/mol. The number of amides is 1. The molecule has 0 radical (unpaired) electrons. The van der Waals surface area contributed by atoms with Crippen molar-refractivity contribution in [2.24, 2.45) is 0 Å². The topological polar surface area (TPSA) is 68.3 Å². The van der Waals surface area contributed by atoms with Crippen LogP contribution in [0.5, 0.6) is 5.75 Å². The molecule has 5 nitrogen and oxygen atoms in total. The van der Waals surface area contributed by atoms with Gasteiger partial charge in [-0.15, -0.1) is 22.7 Å². The van der Waals surface area contributed by atoms with Crippen LogP contribution in [0.15, 0.2) is 45.4 Å². The molecule has 27 heavy (non-hydrogen) atoms. The number of nitrogens with zero attached hydrogens (tertiary/aromatic N) is 1. The van der Waals surface area contributed by atoms with Gasteiger partial charge in [-0.3, -0.25) is 9.59 Å². The van der Waals surface area contributed by atoms with Crippen molar-refractivity contribution in [2.75, 3.05) is 18.2 Å². The number of hydrogen-bond acceptors (Lipinski definition) is 7. The van der Waals surface area contributed by atoms with Crippen LogP contribution in [0.1, 0.15) is 15.4 Å². The number of rotatable bonds is 8. The third-order valence-electron chi connectivity index (χ3n) is 3.43. The van der Waals surface area contributed by atoms with E-state index in [2.05, 4.69) is 10.3 Å². The highest BCUT2D eigenvalue weighted by molar-refractivity contribution is 8.01. The molecule has 1 aromatic carbocycles. The van der Waals surface area contributed by atoms with Gasteiger partial charge in [0.2, 0.25) is 5.91 Å². The summed E-state index contributed by atoms with van der Waals surface area (Å²) in [6.45, 7) is 0. The smallest absolute Gasteiger partial charge is 0.230 e. The molecule has 2 heterocycles. The summed E-state index contributed by atoms with van der Waals surface area (Å²) in [6.07, 6.45) is 0.131. The molecular weight excluding hydrogens is 424 g/mol. The lowest BCUT2D eigenvalue weighted by Gasteiger charge is -2.10. The summed E-state index contributed by atoms with van der Waals surface area (Å²) in [5.74, 6) is 0.735. The van der Waals surface area contributed by atoms with E-state index in [1.54, 1.807) is 18.2 Å². The van der Waals surface area contributed by atoms with Gasteiger partial charge in [-0.25, -0.2) is 4.98 Å². The van der Waals surface area contributed by atoms with Crippen molar-refractivity contribution >= 4 is 63.4 Å². The average Bonchev–Trinajstić information content (AvgIpc) is 3.32. The Hall–Kier alpha value is -1.87. The molecule has 0 saturated heterocycles. The number of hydrogen-bond donors (Lipinski definition) is 1. The molecular formula is C18H15ClN2O3S3. The van der Waals surface area contributed by atoms with Gasteiger partial charge in [-0.05, 0) is 29.6 Å². The zero-order chi connectivity index (χ0) is 19.2. The van der Waals surface area contributed by atoms with Crippen LogP contribution in [-0.2, 0) is 11.2 Å². The fraction of sp³-hybridized carbons (Fsp3) is 0.167. The molecule has 0 bridgehead atoms. The van der Waals surface area contributed by atoms with E-state index in [9.17, 15) is 9.59 Å². The first-order valence-corrected chi connectivity index (χ1v) is 10.9. The van der Waals surface area contributed by atoms with Gasteiger partial charge in [-0.2, -0.15) is 0 Å². The SMILES string of the molecule is COc1ccc(Cl)cc1NC(=O)Cc1csc(SCC(=O)c2cccs2)n1. The lowest BCUT2D eigenvalue weighted by Crippen LogP contribution is -2.15. The molecule has 0 unspecified atom stereocenters. The zero-order valence-corrected chi connectivity index (χ0v) is 17.4. The molecule has 140 valence electrons. The fourth-order valence-corrected chi connectivity index (χ4v) is 4.86. The second kappa shape index (κ2) is 9.36. The maximum atomic E-state index is 12.3. The molecule has 0 fully saturated rings. The summed E-state index contributed by atoms with van der Waals surface area (Å²) in [5, 5.41) is 7.00. The molecule has 1 N–H and O–H groups in total. The van der Waals surface area contributed by atoms with Crippen molar-refractivity contribution in [3.8, 4) is 5.75 Å². The number of thiophene rings is 1. The largest absolute Gasteiger partial charge is 0.495 e. The minimum atomic E-state index is -0.216. The number of Topliss-reactive ketones (excluding diaryl/α,β-unsaturated/α-hetero) is 1. The van der Waals surface area contributed by atoms with E-state index in [1.165, 1.54) is 41.5 Å². The quantitative estimate of drug-likeness (QED) is 0.395. The van der Waals surface area contributed by atoms with E-state index >= 15 is 0 Å². The van der Waals surface area contributed by atoms with Gasteiger partial charge >= 0.3 is 0 Å². The van der Waals surface area contributed by atoms with Crippen molar-refractivity contribution in [1.82, 2.24) is 4.98 Å². The number of ketones is 1. The van der Waals surface area contributed by atoms with Gasteiger partial charge in [0.05, 0.1) is 35.5 Å². The van der Waals surface area contributed by atoms with Crippen molar-refractivity contribution in [1.29, 1.82) is 0 Å². The van der Waals surface area contributed by atoms with Crippen molar-refractivity contribution < 1.29 is 14.3 Å². The van der Waals surface area contributed by atoms with E-state index in [1.807, 2.05) is 22.9 Å².